The third-order valence-corrected chi connectivity index (χ3v) is 13.7. The van der Waals surface area contributed by atoms with Crippen molar-refractivity contribution in [1.82, 2.24) is 9.97 Å². The van der Waals surface area contributed by atoms with Crippen molar-refractivity contribution in [2.24, 2.45) is 0 Å². The van der Waals surface area contributed by atoms with E-state index in [4.69, 9.17) is 14.4 Å². The van der Waals surface area contributed by atoms with Crippen LogP contribution in [0.3, 0.4) is 0 Å². The molecule has 0 atom stereocenters. The first-order valence-corrected chi connectivity index (χ1v) is 22.0. The number of nitrogens with zero attached hydrogens (tertiary/aromatic N) is 2. The lowest BCUT2D eigenvalue weighted by atomic mass is 9.81. The Hall–Kier alpha value is -8.14. The zero-order valence-electron chi connectivity index (χ0n) is 35.4. The van der Waals surface area contributed by atoms with Gasteiger partial charge >= 0.3 is 0 Å². The summed E-state index contributed by atoms with van der Waals surface area (Å²) in [4.78, 5) is 10.6. The quantitative estimate of drug-likeness (QED) is 0.162. The Labute approximate surface area is 371 Å². The molecule has 2 heterocycles. The zero-order valence-corrected chi connectivity index (χ0v) is 35.4. The molecule has 10 aromatic carbocycles. The van der Waals surface area contributed by atoms with Gasteiger partial charge in [0.1, 0.15) is 11.2 Å². The first kappa shape index (κ1) is 36.5. The number of hydrogen-bond donors (Lipinski definition) is 0. The second-order valence-electron chi connectivity index (χ2n) is 17.7. The summed E-state index contributed by atoms with van der Waals surface area (Å²) < 4.78 is 7.00. The second kappa shape index (κ2) is 13.9. The zero-order chi connectivity index (χ0) is 42.5. The molecule has 3 nitrogen and oxygen atoms in total. The van der Waals surface area contributed by atoms with Crippen molar-refractivity contribution in [3.63, 3.8) is 0 Å². The van der Waals surface area contributed by atoms with Crippen LogP contribution in [0.2, 0.25) is 0 Å². The smallest absolute Gasteiger partial charge is 0.143 e. The summed E-state index contributed by atoms with van der Waals surface area (Å²) in [6, 6.07) is 72.0. The minimum Gasteiger partial charge on any atom is -0.455 e. The molecule has 64 heavy (non-hydrogen) atoms. The summed E-state index contributed by atoms with van der Waals surface area (Å²) in [7, 11) is 0. The lowest BCUT2D eigenvalue weighted by molar-refractivity contribution is 0.660. The van der Waals surface area contributed by atoms with Crippen LogP contribution in [0.5, 0.6) is 0 Å². The van der Waals surface area contributed by atoms with E-state index in [0.29, 0.717) is 0 Å². The summed E-state index contributed by atoms with van der Waals surface area (Å²) >= 11 is 0. The van der Waals surface area contributed by atoms with E-state index in [-0.39, 0.29) is 5.41 Å². The van der Waals surface area contributed by atoms with Gasteiger partial charge in [0.2, 0.25) is 0 Å². The van der Waals surface area contributed by atoms with Crippen molar-refractivity contribution in [2.45, 2.75) is 19.3 Å². The van der Waals surface area contributed by atoms with Crippen LogP contribution in [0.1, 0.15) is 25.0 Å². The summed E-state index contributed by atoms with van der Waals surface area (Å²) in [5.41, 5.74) is 19.8. The number of fused-ring (bicyclic) bond motifs is 12. The average Bonchev–Trinajstić information content (AvgIpc) is 3.86. The molecular weight excluding hydrogens is 777 g/mol. The molecule has 0 bridgehead atoms. The molecule has 0 saturated heterocycles. The van der Waals surface area contributed by atoms with Gasteiger partial charge in [-0.25, -0.2) is 4.98 Å². The van der Waals surface area contributed by atoms with Crippen LogP contribution in [-0.4, -0.2) is 9.97 Å². The predicted molar refractivity (Wildman–Crippen MR) is 267 cm³/mol. The molecule has 1 aliphatic rings. The van der Waals surface area contributed by atoms with Crippen molar-refractivity contribution in [3.05, 3.63) is 218 Å². The molecule has 2 aromatic heterocycles. The third kappa shape index (κ3) is 5.54. The summed E-state index contributed by atoms with van der Waals surface area (Å²) in [6.45, 7) is 4.67. The topological polar surface area (TPSA) is 38.9 Å². The maximum Gasteiger partial charge on any atom is 0.143 e. The number of aromatic nitrogens is 2. The summed E-state index contributed by atoms with van der Waals surface area (Å²) in [5, 5.41) is 6.70. The molecule has 0 radical (unpaired) electrons. The van der Waals surface area contributed by atoms with E-state index in [0.717, 1.165) is 82.6 Å². The molecule has 0 fully saturated rings. The van der Waals surface area contributed by atoms with Gasteiger partial charge < -0.3 is 4.42 Å². The monoisotopic (exact) mass is 816 g/mol. The maximum absolute atomic E-state index is 7.00. The summed E-state index contributed by atoms with van der Waals surface area (Å²) in [5.74, 6) is 0. The molecule has 3 heteroatoms. The highest BCUT2D eigenvalue weighted by molar-refractivity contribution is 6.24. The Bertz CT molecular complexity index is 3860. The van der Waals surface area contributed by atoms with E-state index in [2.05, 4.69) is 214 Å². The van der Waals surface area contributed by atoms with Gasteiger partial charge in [-0.05, 0) is 90.7 Å². The Morgan fingerprint density at radius 1 is 0.344 bits per heavy atom. The number of hydrogen-bond acceptors (Lipinski definition) is 3. The Morgan fingerprint density at radius 3 is 1.53 bits per heavy atom. The molecule has 0 N–H and O–H groups in total. The molecular formula is C61H40N2O. The van der Waals surface area contributed by atoms with Gasteiger partial charge in [-0.15, -0.1) is 0 Å². The van der Waals surface area contributed by atoms with E-state index in [9.17, 15) is 0 Å². The first-order chi connectivity index (χ1) is 31.5. The van der Waals surface area contributed by atoms with Gasteiger partial charge in [0.25, 0.3) is 0 Å². The van der Waals surface area contributed by atoms with E-state index in [1.165, 1.54) is 49.9 Å². The Balaban J connectivity index is 0.935. The Kier molecular flexibility index (Phi) is 7.95. The summed E-state index contributed by atoms with van der Waals surface area (Å²) in [6.07, 6.45) is 1.93. The molecule has 0 spiro atoms. The normalized spacial score (nSPS) is 13.0. The van der Waals surface area contributed by atoms with Gasteiger partial charge in [0.05, 0.1) is 22.9 Å². The minimum absolute atomic E-state index is 0.0866. The average molecular weight is 817 g/mol. The van der Waals surface area contributed by atoms with Crippen LogP contribution in [0.25, 0.3) is 121 Å². The van der Waals surface area contributed by atoms with Crippen molar-refractivity contribution < 1.29 is 4.42 Å². The number of rotatable bonds is 5. The van der Waals surface area contributed by atoms with Gasteiger partial charge in [-0.1, -0.05) is 190 Å². The van der Waals surface area contributed by atoms with Crippen molar-refractivity contribution in [2.75, 3.05) is 0 Å². The highest BCUT2D eigenvalue weighted by atomic mass is 16.3. The largest absolute Gasteiger partial charge is 0.455 e. The van der Waals surface area contributed by atoms with E-state index in [1.54, 1.807) is 0 Å². The second-order valence-corrected chi connectivity index (χ2v) is 17.7. The van der Waals surface area contributed by atoms with Crippen molar-refractivity contribution in [3.8, 4) is 66.9 Å². The van der Waals surface area contributed by atoms with E-state index >= 15 is 0 Å². The SMILES string of the molecule is CC1(C)c2ccccc2-c2ccc(-c3cccc4c3oc3c(-c5cccc(-c6cnc7c8ccc(-c9ccccc9)cc8c8cc(-c9ccccc9)ccc8c7n6)c5)cccc34)cc21. The molecule has 0 saturated carbocycles. The third-order valence-electron chi connectivity index (χ3n) is 13.7. The van der Waals surface area contributed by atoms with Crippen LogP contribution in [0, 0.1) is 0 Å². The fourth-order valence-electron chi connectivity index (χ4n) is 10.5. The highest BCUT2D eigenvalue weighted by Crippen LogP contribution is 2.50. The molecule has 12 aromatic rings. The van der Waals surface area contributed by atoms with Gasteiger partial charge in [-0.2, -0.15) is 0 Å². The van der Waals surface area contributed by atoms with Crippen LogP contribution < -0.4 is 0 Å². The van der Waals surface area contributed by atoms with Crippen LogP contribution in [-0.2, 0) is 5.41 Å². The number of para-hydroxylation sites is 2. The van der Waals surface area contributed by atoms with Crippen LogP contribution >= 0.6 is 0 Å². The molecule has 300 valence electrons. The van der Waals surface area contributed by atoms with Crippen molar-refractivity contribution >= 4 is 54.5 Å². The molecule has 0 unspecified atom stereocenters. The van der Waals surface area contributed by atoms with Gasteiger partial charge in [0.15, 0.2) is 0 Å². The molecule has 0 aliphatic heterocycles. The first-order valence-electron chi connectivity index (χ1n) is 22.0. The minimum atomic E-state index is -0.0866. The fourth-order valence-corrected chi connectivity index (χ4v) is 10.5. The highest BCUT2D eigenvalue weighted by Gasteiger charge is 2.35. The lowest BCUT2D eigenvalue weighted by Crippen LogP contribution is -2.14. The fraction of sp³-hybridized carbons (Fsp3) is 0.0492. The standard InChI is InChI=1S/C61H40N2O/c1-61(2)54-25-10-9-20-46(54)47-29-28-42(35-55(47)61)45-22-13-24-51-50-23-12-21-44(59(50)64-60(45)51)41-18-11-19-43(32-41)56-36-62-57-48-30-26-39(37-14-5-3-6-15-37)33-52(48)53-34-40(38-16-7-4-8-17-38)27-31-49(53)58(57)63-56/h3-36H,1-2H3. The molecule has 0 amide bonds. The van der Waals surface area contributed by atoms with Gasteiger partial charge in [-0.3, -0.25) is 4.98 Å². The number of furan rings is 1. The van der Waals surface area contributed by atoms with E-state index < -0.39 is 0 Å². The molecule has 1 aliphatic carbocycles. The Morgan fingerprint density at radius 2 is 0.859 bits per heavy atom. The number of benzene rings is 10. The van der Waals surface area contributed by atoms with E-state index in [1.807, 2.05) is 6.20 Å². The lowest BCUT2D eigenvalue weighted by Gasteiger charge is -2.22. The molecule has 13 rings (SSSR count). The van der Waals surface area contributed by atoms with Crippen molar-refractivity contribution in [1.29, 1.82) is 0 Å². The maximum atomic E-state index is 7.00. The van der Waals surface area contributed by atoms with Crippen LogP contribution in [0.15, 0.2) is 211 Å². The predicted octanol–water partition coefficient (Wildman–Crippen LogP) is 16.5. The van der Waals surface area contributed by atoms with Gasteiger partial charge in [0, 0.05) is 43.7 Å². The van der Waals surface area contributed by atoms with Crippen LogP contribution in [0.4, 0.5) is 0 Å².